The Hall–Kier alpha value is -7.60. The van der Waals surface area contributed by atoms with Crippen LogP contribution in [0.15, 0.2) is 195 Å². The summed E-state index contributed by atoms with van der Waals surface area (Å²) in [6.07, 6.45) is 5.59. The molecule has 11 aromatic rings. The molecule has 0 aliphatic heterocycles. The fourth-order valence-electron chi connectivity index (χ4n) is 8.63. The van der Waals surface area contributed by atoms with Gasteiger partial charge in [0.25, 0.3) is 0 Å². The molecule has 7 aromatic carbocycles. The molecule has 0 aliphatic carbocycles. The summed E-state index contributed by atoms with van der Waals surface area (Å²) in [4.78, 5) is 11.5. The standard InChI is InChI=1S/C55H38N6O.Pt/c1-58(2)52-34-54(57-36-48(52)40-20-15-31-56-35-40)61-49-26-10-9-23-46(49)47-30-29-43(33-53(47)61)62-42-22-13-21-41(32-42)59-37-60(51-28-12-11-27-50(51)59)55-44(38-16-5-3-6-17-38)24-14-25-45(55)39-18-7-4-8-19-39;/h3-31,34-36H,1-2H3;/q-2;. The van der Waals surface area contributed by atoms with Gasteiger partial charge in [0, 0.05) is 49.5 Å². The molecule has 0 atom stereocenters. The Labute approximate surface area is 375 Å². The molecule has 306 valence electrons. The Bertz CT molecular complexity index is 3480. The molecule has 8 heteroatoms. The number of rotatable bonds is 9. The summed E-state index contributed by atoms with van der Waals surface area (Å²) in [7, 11) is 4.10. The molecule has 0 unspecified atom stereocenters. The third kappa shape index (κ3) is 6.78. The minimum atomic E-state index is 0.575. The number of anilines is 1. The summed E-state index contributed by atoms with van der Waals surface area (Å²) in [5.41, 5.74) is 13.6. The van der Waals surface area contributed by atoms with Crippen molar-refractivity contribution in [3.05, 3.63) is 210 Å². The van der Waals surface area contributed by atoms with E-state index < -0.39 is 0 Å². The molecule has 4 aromatic heterocycles. The third-order valence-electron chi connectivity index (χ3n) is 11.5. The number of hydrogen-bond donors (Lipinski definition) is 0. The fraction of sp³-hybridized carbons (Fsp3) is 0.0364. The molecule has 0 fully saturated rings. The normalized spacial score (nSPS) is 11.4. The van der Waals surface area contributed by atoms with Gasteiger partial charge >= 0.3 is 294 Å². The number of benzene rings is 7. The number of nitrogens with zero attached hydrogens (tertiary/aromatic N) is 6. The predicted molar refractivity (Wildman–Crippen MR) is 251 cm³/mol. The van der Waals surface area contributed by atoms with Crippen LogP contribution in [0.25, 0.3) is 83.4 Å². The summed E-state index contributed by atoms with van der Waals surface area (Å²) in [5, 5.41) is 2.17. The van der Waals surface area contributed by atoms with Crippen LogP contribution in [0.4, 0.5) is 5.69 Å². The molecule has 0 bridgehead atoms. The van der Waals surface area contributed by atoms with Crippen molar-refractivity contribution in [1.82, 2.24) is 23.7 Å². The number of hydrogen-bond acceptors (Lipinski definition) is 4. The first-order chi connectivity index (χ1) is 31.0. The van der Waals surface area contributed by atoms with Crippen LogP contribution >= 0.6 is 0 Å². The molecule has 0 N–H and O–H groups in total. The van der Waals surface area contributed by atoms with Crippen LogP contribution in [0.1, 0.15) is 0 Å². The summed E-state index contributed by atoms with van der Waals surface area (Å²) in [6.45, 7) is 0. The molecule has 7 nitrogen and oxygen atoms in total. The molecule has 63 heavy (non-hydrogen) atoms. The van der Waals surface area contributed by atoms with Crippen molar-refractivity contribution in [2.24, 2.45) is 0 Å². The van der Waals surface area contributed by atoms with Crippen molar-refractivity contribution in [2.45, 2.75) is 0 Å². The minimum absolute atomic E-state index is 0.575. The van der Waals surface area contributed by atoms with Crippen LogP contribution in [0, 0.1) is 15.9 Å². The van der Waals surface area contributed by atoms with E-state index in [1.165, 1.54) is 0 Å². The van der Waals surface area contributed by atoms with Gasteiger partial charge in [-0.25, -0.2) is 0 Å². The maximum absolute atomic E-state index is 6.69. The Morgan fingerprint density at radius 3 is 1.86 bits per heavy atom. The average molecular weight is 994 g/mol. The average Bonchev–Trinajstić information content (AvgIpc) is 3.82. The van der Waals surface area contributed by atoms with Crippen molar-refractivity contribution in [1.29, 1.82) is 0 Å². The molecule has 0 radical (unpaired) electrons. The van der Waals surface area contributed by atoms with Gasteiger partial charge in [0.15, 0.2) is 0 Å². The molecule has 0 saturated carbocycles. The second-order valence-electron chi connectivity index (χ2n) is 15.5. The van der Waals surface area contributed by atoms with Crippen LogP contribution in [-0.4, -0.2) is 37.8 Å². The Balaban J connectivity index is 1.03. The van der Waals surface area contributed by atoms with E-state index in [9.17, 15) is 0 Å². The summed E-state index contributed by atoms with van der Waals surface area (Å²) < 4.78 is 14.5. The topological polar surface area (TPSA) is 53.0 Å². The van der Waals surface area contributed by atoms with Crippen LogP contribution in [0.5, 0.6) is 11.5 Å². The maximum atomic E-state index is 6.69. The number of ether oxygens (including phenoxy) is 1. The zero-order chi connectivity index (χ0) is 42.4. The quantitative estimate of drug-likeness (QED) is 0.135. The summed E-state index contributed by atoms with van der Waals surface area (Å²) in [5.74, 6) is 1.94. The molecular formula is C55H38N6OPt-2. The van der Waals surface area contributed by atoms with Gasteiger partial charge in [0.05, 0.1) is 0 Å². The van der Waals surface area contributed by atoms with Gasteiger partial charge in [0.1, 0.15) is 0 Å². The van der Waals surface area contributed by atoms with E-state index in [4.69, 9.17) is 9.72 Å². The molecule has 0 spiro atoms. The number of aromatic nitrogens is 5. The van der Waals surface area contributed by atoms with E-state index in [1.54, 1.807) is 6.20 Å². The molecule has 4 heterocycles. The zero-order valence-electron chi connectivity index (χ0n) is 34.4. The zero-order valence-corrected chi connectivity index (χ0v) is 36.7. The monoisotopic (exact) mass is 993 g/mol. The second-order valence-corrected chi connectivity index (χ2v) is 16.5. The van der Waals surface area contributed by atoms with Crippen molar-refractivity contribution < 1.29 is 24.1 Å². The molecule has 0 saturated heterocycles. The summed E-state index contributed by atoms with van der Waals surface area (Å²) in [6, 6.07) is 68.4. The first-order valence-electron chi connectivity index (χ1n) is 20.7. The van der Waals surface area contributed by atoms with Crippen LogP contribution in [0.3, 0.4) is 0 Å². The van der Waals surface area contributed by atoms with Gasteiger partial charge < -0.3 is 4.90 Å². The van der Waals surface area contributed by atoms with E-state index in [-0.39, 0.29) is 0 Å². The number of pyridine rings is 2. The SMILES string of the molecule is CN(C)c1cc(-n2c3[c-]c(Oc4[c-]c(-n5[c](=[Pt])n(-c6c(-c7ccccc7)cccc6-c6ccccc6)c6ccccc65)ccc4)ccc3c3ccccc32)ncc1-c1cccnc1. The van der Waals surface area contributed by atoms with Gasteiger partial charge in [-0.1, -0.05) is 18.2 Å². The Morgan fingerprint density at radius 2 is 1.16 bits per heavy atom. The van der Waals surface area contributed by atoms with Crippen molar-refractivity contribution in [3.8, 4) is 62.1 Å². The van der Waals surface area contributed by atoms with E-state index in [1.807, 2.05) is 36.7 Å². The third-order valence-corrected chi connectivity index (χ3v) is 12.5. The van der Waals surface area contributed by atoms with Crippen LogP contribution in [0.2, 0.25) is 0 Å². The van der Waals surface area contributed by atoms with E-state index in [0.29, 0.717) is 11.5 Å². The van der Waals surface area contributed by atoms with Gasteiger partial charge in [-0.05, 0) is 6.07 Å². The number of para-hydroxylation sites is 4. The van der Waals surface area contributed by atoms with Gasteiger partial charge in [-0.3, -0.25) is 4.98 Å². The fourth-order valence-corrected chi connectivity index (χ4v) is 9.70. The van der Waals surface area contributed by atoms with Crippen molar-refractivity contribution in [3.63, 3.8) is 0 Å². The van der Waals surface area contributed by atoms with Crippen LogP contribution in [-0.2, 0) is 19.4 Å². The molecule has 0 amide bonds. The minimum Gasteiger partial charge on any atom is -0.264 e. The molecule has 0 aliphatic rings. The second kappa shape index (κ2) is 16.0. The van der Waals surface area contributed by atoms with Crippen LogP contribution < -0.4 is 9.64 Å². The Kier molecular flexibility index (Phi) is 9.75. The molecule has 11 rings (SSSR count). The van der Waals surface area contributed by atoms with Gasteiger partial charge in [0.2, 0.25) is 0 Å². The van der Waals surface area contributed by atoms with Gasteiger partial charge in [-0.2, -0.15) is 0 Å². The number of imidazole rings is 1. The first kappa shape index (κ1) is 38.3. The Morgan fingerprint density at radius 1 is 0.524 bits per heavy atom. The van der Waals surface area contributed by atoms with E-state index in [0.717, 1.165) is 92.9 Å². The smallest absolute Gasteiger partial charge is 0.264 e. The summed E-state index contributed by atoms with van der Waals surface area (Å²) >= 11 is 2.47. The van der Waals surface area contributed by atoms with E-state index >= 15 is 0 Å². The van der Waals surface area contributed by atoms with Crippen molar-refractivity contribution in [2.75, 3.05) is 19.0 Å². The first-order valence-corrected chi connectivity index (χ1v) is 21.8. The van der Waals surface area contributed by atoms with Gasteiger partial charge in [-0.15, -0.1) is 0 Å². The van der Waals surface area contributed by atoms with E-state index in [2.05, 4.69) is 221 Å². The van der Waals surface area contributed by atoms with Crippen molar-refractivity contribution >= 4 is 38.5 Å². The number of fused-ring (bicyclic) bond motifs is 4. The molecular weight excluding hydrogens is 956 g/mol. The predicted octanol–water partition coefficient (Wildman–Crippen LogP) is 12.8.